The van der Waals surface area contributed by atoms with Gasteiger partial charge in [0.05, 0.1) is 12.7 Å². The number of rotatable bonds is 5. The van der Waals surface area contributed by atoms with E-state index in [0.29, 0.717) is 0 Å². The number of hydrogen-bond acceptors (Lipinski definition) is 3. The predicted octanol–water partition coefficient (Wildman–Crippen LogP) is 3.48. The van der Waals surface area contributed by atoms with Gasteiger partial charge in [0, 0.05) is 49.9 Å². The molecule has 0 amide bonds. The maximum absolute atomic E-state index is 5.99. The molecule has 0 saturated carbocycles. The van der Waals surface area contributed by atoms with Gasteiger partial charge in [-0.15, -0.1) is 24.0 Å². The minimum absolute atomic E-state index is 0. The number of morpholine rings is 1. The van der Waals surface area contributed by atoms with Crippen LogP contribution in [0.2, 0.25) is 0 Å². The lowest BCUT2D eigenvalue weighted by molar-refractivity contribution is -0.0817. The van der Waals surface area contributed by atoms with E-state index in [1.807, 2.05) is 0 Å². The molecule has 29 heavy (non-hydrogen) atoms. The van der Waals surface area contributed by atoms with E-state index in [9.17, 15) is 0 Å². The standard InChI is InChI=1S/C22H32N4O2.HI/c1-3-23-22(26-11-13-28-20(15-26)19-8-5-12-27-19)24-10-9-17-14-25-21-16(2)6-4-7-18(17)21;/h4,6-7,14,19-20,25H,3,5,8-13,15H2,1-2H3,(H,23,24);1H. The molecule has 3 heterocycles. The largest absolute Gasteiger partial charge is 0.375 e. The third-order valence-corrected chi connectivity index (χ3v) is 5.76. The van der Waals surface area contributed by atoms with Crippen molar-refractivity contribution in [2.45, 2.75) is 45.3 Å². The van der Waals surface area contributed by atoms with Gasteiger partial charge in [-0.25, -0.2) is 0 Å². The number of guanidine groups is 1. The highest BCUT2D eigenvalue weighted by Crippen LogP contribution is 2.22. The second-order valence-electron chi connectivity index (χ2n) is 7.70. The fourth-order valence-electron chi connectivity index (χ4n) is 4.27. The molecule has 0 radical (unpaired) electrons. The Hall–Kier alpha value is -1.32. The van der Waals surface area contributed by atoms with Crippen LogP contribution in [0.3, 0.4) is 0 Å². The lowest BCUT2D eigenvalue weighted by atomic mass is 10.1. The molecular formula is C22H33IN4O2. The topological polar surface area (TPSA) is 61.9 Å². The van der Waals surface area contributed by atoms with E-state index in [-0.39, 0.29) is 36.2 Å². The number of nitrogens with one attached hydrogen (secondary N) is 2. The molecule has 2 aliphatic heterocycles. The average molecular weight is 512 g/mol. The smallest absolute Gasteiger partial charge is 0.194 e. The van der Waals surface area contributed by atoms with Gasteiger partial charge in [0.1, 0.15) is 6.10 Å². The van der Waals surface area contributed by atoms with Crippen molar-refractivity contribution < 1.29 is 9.47 Å². The molecule has 2 saturated heterocycles. The van der Waals surface area contributed by atoms with Crippen LogP contribution in [0.15, 0.2) is 29.4 Å². The summed E-state index contributed by atoms with van der Waals surface area (Å²) in [4.78, 5) is 10.7. The molecule has 2 aromatic rings. The Bertz CT molecular complexity index is 816. The molecule has 0 spiro atoms. The number of ether oxygens (including phenoxy) is 2. The second kappa shape index (κ2) is 10.6. The zero-order valence-electron chi connectivity index (χ0n) is 17.4. The molecule has 7 heteroatoms. The van der Waals surface area contributed by atoms with Crippen molar-refractivity contribution in [2.75, 3.05) is 39.4 Å². The minimum Gasteiger partial charge on any atom is -0.375 e. The van der Waals surface area contributed by atoms with E-state index >= 15 is 0 Å². The summed E-state index contributed by atoms with van der Waals surface area (Å²) < 4.78 is 11.8. The number of hydrogen-bond donors (Lipinski definition) is 2. The zero-order chi connectivity index (χ0) is 19.3. The van der Waals surface area contributed by atoms with Crippen LogP contribution >= 0.6 is 24.0 Å². The molecule has 1 aromatic heterocycles. The first-order chi connectivity index (χ1) is 13.8. The summed E-state index contributed by atoms with van der Waals surface area (Å²) in [5.74, 6) is 0.991. The van der Waals surface area contributed by atoms with Gasteiger partial charge in [-0.2, -0.15) is 0 Å². The molecule has 2 N–H and O–H groups in total. The zero-order valence-corrected chi connectivity index (χ0v) is 19.8. The van der Waals surface area contributed by atoms with Gasteiger partial charge in [0.25, 0.3) is 0 Å². The van der Waals surface area contributed by atoms with E-state index in [4.69, 9.17) is 14.5 Å². The van der Waals surface area contributed by atoms with Gasteiger partial charge in [-0.05, 0) is 44.2 Å². The monoisotopic (exact) mass is 512 g/mol. The Morgan fingerprint density at radius 2 is 2.14 bits per heavy atom. The van der Waals surface area contributed by atoms with Crippen LogP contribution in [0.1, 0.15) is 30.9 Å². The molecule has 160 valence electrons. The summed E-state index contributed by atoms with van der Waals surface area (Å²) >= 11 is 0. The molecule has 1 aromatic carbocycles. The molecule has 2 aliphatic rings. The summed E-state index contributed by atoms with van der Waals surface area (Å²) in [6.45, 7) is 9.23. The quantitative estimate of drug-likeness (QED) is 0.366. The van der Waals surface area contributed by atoms with Crippen LogP contribution in [0.5, 0.6) is 0 Å². The van der Waals surface area contributed by atoms with Crippen LogP contribution in [-0.4, -0.2) is 67.4 Å². The first kappa shape index (κ1) is 22.4. The van der Waals surface area contributed by atoms with Crippen molar-refractivity contribution in [3.8, 4) is 0 Å². The fraction of sp³-hybridized carbons (Fsp3) is 0.591. The number of benzene rings is 1. The molecule has 2 fully saturated rings. The maximum Gasteiger partial charge on any atom is 0.194 e. The molecule has 0 aliphatic carbocycles. The predicted molar refractivity (Wildman–Crippen MR) is 128 cm³/mol. The Labute approximate surface area is 190 Å². The highest BCUT2D eigenvalue weighted by atomic mass is 127. The van der Waals surface area contributed by atoms with Crippen molar-refractivity contribution >= 4 is 40.8 Å². The van der Waals surface area contributed by atoms with Crippen LogP contribution in [-0.2, 0) is 15.9 Å². The molecule has 6 nitrogen and oxygen atoms in total. The third kappa shape index (κ3) is 5.24. The van der Waals surface area contributed by atoms with E-state index in [1.165, 1.54) is 22.0 Å². The second-order valence-corrected chi connectivity index (χ2v) is 7.70. The minimum atomic E-state index is 0. The van der Waals surface area contributed by atoms with Crippen molar-refractivity contribution in [1.29, 1.82) is 0 Å². The average Bonchev–Trinajstić information content (AvgIpc) is 3.39. The Kier molecular flexibility index (Phi) is 8.20. The van der Waals surface area contributed by atoms with Gasteiger partial charge >= 0.3 is 0 Å². The summed E-state index contributed by atoms with van der Waals surface area (Å²) in [6.07, 6.45) is 5.69. The number of H-pyrrole nitrogens is 1. The molecule has 2 atom stereocenters. The van der Waals surface area contributed by atoms with Gasteiger partial charge in [-0.1, -0.05) is 18.2 Å². The number of fused-ring (bicyclic) bond motifs is 1. The Morgan fingerprint density at radius 3 is 2.93 bits per heavy atom. The summed E-state index contributed by atoms with van der Waals surface area (Å²) in [5.41, 5.74) is 3.85. The van der Waals surface area contributed by atoms with Gasteiger partial charge < -0.3 is 24.7 Å². The van der Waals surface area contributed by atoms with Crippen LogP contribution in [0.25, 0.3) is 10.9 Å². The Morgan fingerprint density at radius 1 is 1.28 bits per heavy atom. The summed E-state index contributed by atoms with van der Waals surface area (Å²) in [5, 5.41) is 4.77. The summed E-state index contributed by atoms with van der Waals surface area (Å²) in [7, 11) is 0. The SMILES string of the molecule is CCNC(=NCCc1c[nH]c2c(C)cccc12)N1CCOC(C2CCCO2)C1.I. The summed E-state index contributed by atoms with van der Waals surface area (Å²) in [6, 6.07) is 6.46. The molecular weight excluding hydrogens is 479 g/mol. The number of aromatic amines is 1. The van der Waals surface area contributed by atoms with Crippen molar-refractivity contribution in [1.82, 2.24) is 15.2 Å². The number of halogens is 1. The molecule has 2 unspecified atom stereocenters. The normalized spacial score (nSPS) is 22.7. The van der Waals surface area contributed by atoms with Gasteiger partial charge in [-0.3, -0.25) is 4.99 Å². The van der Waals surface area contributed by atoms with Crippen molar-refractivity contribution in [2.24, 2.45) is 4.99 Å². The lowest BCUT2D eigenvalue weighted by Crippen LogP contribution is -2.53. The van der Waals surface area contributed by atoms with Crippen LogP contribution in [0, 0.1) is 6.92 Å². The van der Waals surface area contributed by atoms with E-state index in [2.05, 4.69) is 53.4 Å². The lowest BCUT2D eigenvalue weighted by Gasteiger charge is -2.37. The van der Waals surface area contributed by atoms with Gasteiger partial charge in [0.15, 0.2) is 5.96 Å². The first-order valence-corrected chi connectivity index (χ1v) is 10.6. The first-order valence-electron chi connectivity index (χ1n) is 10.6. The van der Waals surface area contributed by atoms with E-state index < -0.39 is 0 Å². The number of aliphatic imine (C=N–C) groups is 1. The van der Waals surface area contributed by atoms with Crippen LogP contribution in [0.4, 0.5) is 0 Å². The molecule has 0 bridgehead atoms. The number of aryl methyl sites for hydroxylation is 1. The Balaban J connectivity index is 0.00000240. The highest BCUT2D eigenvalue weighted by Gasteiger charge is 2.32. The van der Waals surface area contributed by atoms with Crippen molar-refractivity contribution in [3.63, 3.8) is 0 Å². The fourth-order valence-corrected chi connectivity index (χ4v) is 4.27. The molecule has 4 rings (SSSR count). The number of aromatic nitrogens is 1. The van der Waals surface area contributed by atoms with E-state index in [1.54, 1.807) is 0 Å². The van der Waals surface area contributed by atoms with Gasteiger partial charge in [0.2, 0.25) is 0 Å². The third-order valence-electron chi connectivity index (χ3n) is 5.76. The van der Waals surface area contributed by atoms with Crippen molar-refractivity contribution in [3.05, 3.63) is 35.5 Å². The maximum atomic E-state index is 5.99. The van der Waals surface area contributed by atoms with E-state index in [0.717, 1.165) is 64.6 Å². The highest BCUT2D eigenvalue weighted by molar-refractivity contribution is 14.0. The van der Waals surface area contributed by atoms with Crippen LogP contribution < -0.4 is 5.32 Å². The number of nitrogens with zero attached hydrogens (tertiary/aromatic N) is 2. The number of para-hydroxylation sites is 1.